The summed E-state index contributed by atoms with van der Waals surface area (Å²) < 4.78 is 8.90. The van der Waals surface area contributed by atoms with Crippen LogP contribution >= 0.6 is 0 Å². The highest BCUT2D eigenvalue weighted by atomic mass is 16.6. The van der Waals surface area contributed by atoms with Crippen LogP contribution in [0.15, 0.2) is 48.5 Å². The Hall–Kier alpha value is -4.33. The van der Waals surface area contributed by atoms with Gasteiger partial charge in [0.2, 0.25) is 0 Å². The number of nitro benzene ring substituents is 2. The molecule has 2 aromatic heterocycles. The van der Waals surface area contributed by atoms with E-state index >= 15 is 0 Å². The van der Waals surface area contributed by atoms with Crippen molar-refractivity contribution < 1.29 is 34.7 Å². The number of benzene rings is 2. The van der Waals surface area contributed by atoms with Crippen molar-refractivity contribution in [2.24, 2.45) is 0 Å². The van der Waals surface area contributed by atoms with Crippen molar-refractivity contribution in [3.8, 4) is 0 Å². The molecule has 2 heterocycles. The van der Waals surface area contributed by atoms with Gasteiger partial charge in [-0.1, -0.05) is 35.1 Å². The van der Waals surface area contributed by atoms with Crippen molar-refractivity contribution in [3.05, 3.63) is 80.1 Å². The number of aromatic nitrogens is 2. The van der Waals surface area contributed by atoms with Gasteiger partial charge in [0.25, 0.3) is 11.4 Å². The molecule has 0 spiro atoms. The molecule has 0 fully saturated rings. The molecule has 2 aromatic carbocycles. The number of esters is 1. The van der Waals surface area contributed by atoms with Gasteiger partial charge in [-0.15, -0.1) is 0 Å². The van der Waals surface area contributed by atoms with Gasteiger partial charge in [-0.25, -0.2) is 0 Å². The minimum Gasteiger partial charge on any atom is -0.466 e. The quantitative estimate of drug-likeness (QED) is 0.0948. The Morgan fingerprint density at radius 2 is 1.20 bits per heavy atom. The van der Waals surface area contributed by atoms with E-state index in [0.29, 0.717) is 31.5 Å². The van der Waals surface area contributed by atoms with Gasteiger partial charge in [-0.3, -0.25) is 25.0 Å². The van der Waals surface area contributed by atoms with E-state index in [2.05, 4.69) is 0 Å². The smallest absolute Gasteiger partial charge is 0.306 e. The lowest BCUT2D eigenvalue weighted by atomic mass is 9.85. The third-order valence-corrected chi connectivity index (χ3v) is 7.85. The predicted octanol–water partition coefficient (Wildman–Crippen LogP) is 5.61. The van der Waals surface area contributed by atoms with Gasteiger partial charge in [0.05, 0.1) is 36.1 Å². The number of aliphatic hydroxyl groups excluding tert-OH is 3. The summed E-state index contributed by atoms with van der Waals surface area (Å²) in [6.07, 6.45) is 0.765. The van der Waals surface area contributed by atoms with E-state index in [0.717, 1.165) is 27.8 Å². The number of nitrogens with zero attached hydrogens (tertiary/aromatic N) is 4. The van der Waals surface area contributed by atoms with Crippen LogP contribution in [0.5, 0.6) is 0 Å². The van der Waals surface area contributed by atoms with Gasteiger partial charge in [-0.05, 0) is 37.6 Å². The molecule has 0 bridgehead atoms. The van der Waals surface area contributed by atoms with Crippen molar-refractivity contribution >= 4 is 39.1 Å². The van der Waals surface area contributed by atoms with Crippen molar-refractivity contribution in [2.75, 3.05) is 26.4 Å². The van der Waals surface area contributed by atoms with E-state index in [9.17, 15) is 40.3 Å². The monoisotopic (exact) mass is 642 g/mol. The van der Waals surface area contributed by atoms with Crippen LogP contribution in [0, 0.1) is 20.2 Å². The van der Waals surface area contributed by atoms with Crippen molar-refractivity contribution in [2.45, 2.75) is 78.8 Å². The lowest BCUT2D eigenvalue weighted by molar-refractivity contribution is -0.384. The summed E-state index contributed by atoms with van der Waals surface area (Å²) in [6, 6.07) is 13.1. The maximum atomic E-state index is 11.9. The zero-order valence-corrected chi connectivity index (χ0v) is 26.4. The summed E-state index contributed by atoms with van der Waals surface area (Å²) in [5, 5.41) is 51.2. The van der Waals surface area contributed by atoms with Gasteiger partial charge < -0.3 is 29.2 Å². The van der Waals surface area contributed by atoms with Gasteiger partial charge >= 0.3 is 5.97 Å². The van der Waals surface area contributed by atoms with E-state index < -0.39 is 15.3 Å². The molecular weight excluding hydrogens is 596 g/mol. The predicted molar refractivity (Wildman–Crippen MR) is 177 cm³/mol. The average molecular weight is 643 g/mol. The van der Waals surface area contributed by atoms with E-state index in [4.69, 9.17) is 4.74 Å². The Morgan fingerprint density at radius 3 is 1.57 bits per heavy atom. The normalized spacial score (nSPS) is 11.6. The Bertz CT molecular complexity index is 1670. The molecule has 0 radical (unpaired) electrons. The maximum Gasteiger partial charge on any atom is 0.306 e. The molecule has 3 N–H and O–H groups in total. The molecule has 46 heavy (non-hydrogen) atoms. The van der Waals surface area contributed by atoms with E-state index in [1.165, 1.54) is 18.2 Å². The molecule has 0 amide bonds. The van der Waals surface area contributed by atoms with Crippen LogP contribution in [0.4, 0.5) is 11.4 Å². The molecule has 0 unspecified atom stereocenters. The fraction of sp³-hybridized carbons (Fsp3) is 0.485. The number of hydrogen-bond donors (Lipinski definition) is 3. The van der Waals surface area contributed by atoms with E-state index in [1.807, 2.05) is 49.0 Å². The highest BCUT2D eigenvalue weighted by Crippen LogP contribution is 2.35. The van der Waals surface area contributed by atoms with Gasteiger partial charge in [-0.2, -0.15) is 0 Å². The first-order valence-corrected chi connectivity index (χ1v) is 14.7. The molecule has 0 aliphatic heterocycles. The lowest BCUT2D eigenvalue weighted by Crippen LogP contribution is -2.26. The second-order valence-electron chi connectivity index (χ2n) is 12.0. The van der Waals surface area contributed by atoms with Crippen LogP contribution in [-0.4, -0.2) is 66.7 Å². The molecule has 0 atom stereocenters. The van der Waals surface area contributed by atoms with Crippen molar-refractivity contribution in [3.63, 3.8) is 0 Å². The molecule has 0 aliphatic rings. The maximum absolute atomic E-state index is 11.9. The van der Waals surface area contributed by atoms with E-state index in [-0.39, 0.29) is 56.4 Å². The summed E-state index contributed by atoms with van der Waals surface area (Å²) in [4.78, 5) is 32.9. The molecule has 0 saturated heterocycles. The Morgan fingerprint density at radius 1 is 0.761 bits per heavy atom. The summed E-state index contributed by atoms with van der Waals surface area (Å²) in [5.74, 6) is -0.297. The van der Waals surface area contributed by atoms with E-state index in [1.54, 1.807) is 25.1 Å². The summed E-state index contributed by atoms with van der Waals surface area (Å²) in [7, 11) is 0. The number of rotatable bonds is 13. The minimum absolute atomic E-state index is 0. The van der Waals surface area contributed by atoms with Gasteiger partial charge in [0.15, 0.2) is 0 Å². The summed E-state index contributed by atoms with van der Waals surface area (Å²) >= 11 is 0. The Balaban J connectivity index is 0.000000316. The second-order valence-corrected chi connectivity index (χ2v) is 12.0. The number of aliphatic hydroxyl groups is 3. The SMILES string of the molecule is C.CC(C)(CCO)c1cc2cc([N+](=O)[O-])ccc2n1CCO.CCOC(=O)CC(C)(C)c1cc2cc([N+](=O)[O-])ccc2n1CCO. The average Bonchev–Trinajstić information content (AvgIpc) is 3.52. The summed E-state index contributed by atoms with van der Waals surface area (Å²) in [5.41, 5.74) is 2.69. The second kappa shape index (κ2) is 15.8. The minimum atomic E-state index is -0.533. The zero-order chi connectivity index (χ0) is 33.5. The largest absolute Gasteiger partial charge is 0.466 e. The fourth-order valence-electron chi connectivity index (χ4n) is 5.62. The Labute approximate surface area is 268 Å². The van der Waals surface area contributed by atoms with Crippen molar-refractivity contribution in [1.29, 1.82) is 0 Å². The van der Waals surface area contributed by atoms with Crippen molar-refractivity contribution in [1.82, 2.24) is 9.13 Å². The highest BCUT2D eigenvalue weighted by molar-refractivity contribution is 5.85. The lowest BCUT2D eigenvalue weighted by Gasteiger charge is -2.26. The summed E-state index contributed by atoms with van der Waals surface area (Å²) in [6.45, 7) is 10.7. The number of ether oxygens (including phenoxy) is 1. The standard InChI is InChI=1S/C17H22N2O5.C15H20N2O4.CH4/c1-4-24-16(21)11-17(2,3)15-10-12-9-13(19(22)23)5-6-14(12)18(15)7-8-20;1-15(2,5-7-18)14-10-11-9-12(17(20)21)3-4-13(11)16(14)6-8-19;/h5-6,9-10,20H,4,7-8,11H2,1-3H3;3-4,9-10,18-19H,5-8H2,1-2H3;1H4. The number of carbonyl (C=O) groups is 1. The molecule has 13 nitrogen and oxygen atoms in total. The van der Waals surface area contributed by atoms with Crippen LogP contribution in [-0.2, 0) is 33.5 Å². The number of nitro groups is 2. The number of hydrogen-bond acceptors (Lipinski definition) is 9. The molecule has 252 valence electrons. The van der Waals surface area contributed by atoms with Gasteiger partial charge in [0.1, 0.15) is 0 Å². The van der Waals surface area contributed by atoms with Crippen LogP contribution in [0.25, 0.3) is 21.8 Å². The molecule has 4 rings (SSSR count). The number of fused-ring (bicyclic) bond motifs is 2. The zero-order valence-electron chi connectivity index (χ0n) is 26.4. The first kappa shape index (κ1) is 37.9. The highest BCUT2D eigenvalue weighted by Gasteiger charge is 2.30. The number of carbonyl (C=O) groups excluding carboxylic acids is 1. The molecule has 0 saturated carbocycles. The molecule has 0 aliphatic carbocycles. The fourth-order valence-corrected chi connectivity index (χ4v) is 5.62. The Kier molecular flexibility index (Phi) is 13.0. The first-order chi connectivity index (χ1) is 21.2. The first-order valence-electron chi connectivity index (χ1n) is 14.7. The molecule has 13 heteroatoms. The van der Waals surface area contributed by atoms with Crippen LogP contribution in [0.2, 0.25) is 0 Å². The number of non-ortho nitro benzene ring substituents is 2. The molecular formula is C33H46N4O9. The van der Waals surface area contributed by atoms with Crippen LogP contribution in [0.1, 0.15) is 66.3 Å². The third-order valence-electron chi connectivity index (χ3n) is 7.85. The van der Waals surface area contributed by atoms with Crippen LogP contribution in [0.3, 0.4) is 0 Å². The van der Waals surface area contributed by atoms with Gasteiger partial charge in [0, 0.05) is 88.0 Å². The third kappa shape index (κ3) is 8.47. The van der Waals surface area contributed by atoms with Crippen LogP contribution < -0.4 is 0 Å². The topological polar surface area (TPSA) is 183 Å². The molecule has 4 aromatic rings.